The molecule has 0 aromatic heterocycles. The number of hydrogen-bond acceptors (Lipinski definition) is 3. The monoisotopic (exact) mass is 269 g/mol. The highest BCUT2D eigenvalue weighted by atomic mass is 16.5. The Balaban J connectivity index is 2.52. The van der Waals surface area contributed by atoms with E-state index in [1.165, 1.54) is 0 Å². The summed E-state index contributed by atoms with van der Waals surface area (Å²) in [5.41, 5.74) is 9.54. The van der Waals surface area contributed by atoms with Crippen LogP contribution in [0.2, 0.25) is 0 Å². The van der Waals surface area contributed by atoms with Crippen molar-refractivity contribution in [2.45, 2.75) is 20.8 Å². The summed E-state index contributed by atoms with van der Waals surface area (Å²) in [6.45, 7) is 6.25. The van der Waals surface area contributed by atoms with Gasteiger partial charge >= 0.3 is 0 Å². The lowest BCUT2D eigenvalue weighted by Gasteiger charge is -2.12. The number of carbonyl (C=O) groups is 1. The molecule has 0 saturated carbocycles. The van der Waals surface area contributed by atoms with E-state index in [1.54, 1.807) is 18.2 Å². The van der Waals surface area contributed by atoms with Crippen LogP contribution in [0.4, 0.5) is 5.69 Å². The second-order valence-corrected chi connectivity index (χ2v) is 4.78. The summed E-state index contributed by atoms with van der Waals surface area (Å²) in [6, 6.07) is 11.0. The van der Waals surface area contributed by atoms with Crippen molar-refractivity contribution in [2.24, 2.45) is 0 Å². The molecule has 104 valence electrons. The van der Waals surface area contributed by atoms with Crippen LogP contribution in [0.15, 0.2) is 36.4 Å². The Hall–Kier alpha value is -2.29. The quantitative estimate of drug-likeness (QED) is 0.682. The predicted octanol–water partition coefficient (Wildman–Crippen LogP) is 3.52. The SMILES string of the molecule is CCOc1ccc(C)cc1C(=O)c1cccc(N)c1C. The lowest BCUT2D eigenvalue weighted by atomic mass is 9.96. The van der Waals surface area contributed by atoms with Crippen LogP contribution in [-0.2, 0) is 0 Å². The maximum absolute atomic E-state index is 12.7. The first-order valence-corrected chi connectivity index (χ1v) is 6.67. The van der Waals surface area contributed by atoms with Gasteiger partial charge in [0.05, 0.1) is 12.2 Å². The van der Waals surface area contributed by atoms with Gasteiger partial charge in [0.2, 0.25) is 0 Å². The second kappa shape index (κ2) is 5.78. The van der Waals surface area contributed by atoms with Gasteiger partial charge in [0, 0.05) is 11.3 Å². The summed E-state index contributed by atoms with van der Waals surface area (Å²) in [7, 11) is 0. The Morgan fingerprint density at radius 1 is 1.15 bits per heavy atom. The molecule has 0 spiro atoms. The summed E-state index contributed by atoms with van der Waals surface area (Å²) in [4.78, 5) is 12.7. The van der Waals surface area contributed by atoms with Crippen LogP contribution in [0.1, 0.15) is 34.0 Å². The molecule has 0 aliphatic carbocycles. The van der Waals surface area contributed by atoms with Gasteiger partial charge in [-0.2, -0.15) is 0 Å². The molecule has 0 heterocycles. The van der Waals surface area contributed by atoms with Gasteiger partial charge in [0.15, 0.2) is 5.78 Å². The van der Waals surface area contributed by atoms with E-state index < -0.39 is 0 Å². The second-order valence-electron chi connectivity index (χ2n) is 4.78. The Labute approximate surface area is 119 Å². The minimum atomic E-state index is -0.0537. The van der Waals surface area contributed by atoms with Crippen LogP contribution in [0.3, 0.4) is 0 Å². The predicted molar refractivity (Wildman–Crippen MR) is 81.4 cm³/mol. The third-order valence-electron chi connectivity index (χ3n) is 3.30. The zero-order chi connectivity index (χ0) is 14.7. The maximum Gasteiger partial charge on any atom is 0.197 e. The highest BCUT2D eigenvalue weighted by Gasteiger charge is 2.17. The van der Waals surface area contributed by atoms with Crippen LogP contribution >= 0.6 is 0 Å². The molecule has 2 aromatic carbocycles. The van der Waals surface area contributed by atoms with Crippen molar-refractivity contribution in [1.82, 2.24) is 0 Å². The van der Waals surface area contributed by atoms with E-state index in [4.69, 9.17) is 10.5 Å². The lowest BCUT2D eigenvalue weighted by molar-refractivity contribution is 0.103. The van der Waals surface area contributed by atoms with E-state index in [-0.39, 0.29) is 5.78 Å². The zero-order valence-corrected chi connectivity index (χ0v) is 12.1. The van der Waals surface area contributed by atoms with Gasteiger partial charge in [-0.05, 0) is 44.5 Å². The molecule has 3 nitrogen and oxygen atoms in total. The van der Waals surface area contributed by atoms with Gasteiger partial charge in [-0.3, -0.25) is 4.79 Å². The van der Waals surface area contributed by atoms with Crippen molar-refractivity contribution in [3.8, 4) is 5.75 Å². The molecular formula is C17H19NO2. The number of anilines is 1. The Morgan fingerprint density at radius 3 is 2.60 bits per heavy atom. The van der Waals surface area contributed by atoms with Crippen LogP contribution in [0, 0.1) is 13.8 Å². The van der Waals surface area contributed by atoms with E-state index in [2.05, 4.69) is 0 Å². The molecule has 0 radical (unpaired) electrons. The third-order valence-corrected chi connectivity index (χ3v) is 3.30. The molecule has 0 amide bonds. The minimum Gasteiger partial charge on any atom is -0.493 e. The maximum atomic E-state index is 12.7. The number of benzene rings is 2. The van der Waals surface area contributed by atoms with Crippen LogP contribution in [-0.4, -0.2) is 12.4 Å². The average Bonchev–Trinajstić information content (AvgIpc) is 2.43. The van der Waals surface area contributed by atoms with Crippen molar-refractivity contribution in [1.29, 1.82) is 0 Å². The smallest absolute Gasteiger partial charge is 0.197 e. The zero-order valence-electron chi connectivity index (χ0n) is 12.1. The molecule has 2 N–H and O–H groups in total. The van der Waals surface area contributed by atoms with Gasteiger partial charge in [-0.25, -0.2) is 0 Å². The van der Waals surface area contributed by atoms with Crippen LogP contribution in [0.25, 0.3) is 0 Å². The van der Waals surface area contributed by atoms with Gasteiger partial charge in [0.25, 0.3) is 0 Å². The normalized spacial score (nSPS) is 10.3. The molecule has 0 unspecified atom stereocenters. The number of nitrogen functional groups attached to an aromatic ring is 1. The number of nitrogens with two attached hydrogens (primary N) is 1. The largest absolute Gasteiger partial charge is 0.493 e. The van der Waals surface area contributed by atoms with Crippen molar-refractivity contribution in [3.63, 3.8) is 0 Å². The van der Waals surface area contributed by atoms with Crippen molar-refractivity contribution in [3.05, 3.63) is 58.7 Å². The Bertz CT molecular complexity index is 647. The van der Waals surface area contributed by atoms with E-state index in [9.17, 15) is 4.79 Å². The molecule has 0 saturated heterocycles. The fraction of sp³-hybridized carbons (Fsp3) is 0.235. The van der Waals surface area contributed by atoms with E-state index in [1.807, 2.05) is 39.0 Å². The topological polar surface area (TPSA) is 52.3 Å². The van der Waals surface area contributed by atoms with Gasteiger partial charge in [-0.15, -0.1) is 0 Å². The summed E-state index contributed by atoms with van der Waals surface area (Å²) in [6.07, 6.45) is 0. The van der Waals surface area contributed by atoms with Gasteiger partial charge < -0.3 is 10.5 Å². The van der Waals surface area contributed by atoms with Crippen LogP contribution in [0.5, 0.6) is 5.75 Å². The highest BCUT2D eigenvalue weighted by Crippen LogP contribution is 2.26. The first kappa shape index (κ1) is 14.1. The third kappa shape index (κ3) is 2.67. The number of rotatable bonds is 4. The molecule has 2 aromatic rings. The highest BCUT2D eigenvalue weighted by molar-refractivity contribution is 6.12. The first-order valence-electron chi connectivity index (χ1n) is 6.67. The number of aryl methyl sites for hydroxylation is 1. The minimum absolute atomic E-state index is 0.0537. The standard InChI is InChI=1S/C17H19NO2/c1-4-20-16-9-8-11(2)10-14(16)17(19)13-6-5-7-15(18)12(13)3/h5-10H,4,18H2,1-3H3. The summed E-state index contributed by atoms with van der Waals surface area (Å²) in [5, 5.41) is 0. The summed E-state index contributed by atoms with van der Waals surface area (Å²) in [5.74, 6) is 0.562. The molecule has 20 heavy (non-hydrogen) atoms. The molecule has 0 fully saturated rings. The molecule has 2 rings (SSSR count). The fourth-order valence-electron chi connectivity index (χ4n) is 2.15. The molecule has 0 atom stereocenters. The number of hydrogen-bond donors (Lipinski definition) is 1. The van der Waals surface area contributed by atoms with Crippen molar-refractivity contribution >= 4 is 11.5 Å². The Kier molecular flexibility index (Phi) is 4.08. The average molecular weight is 269 g/mol. The van der Waals surface area contributed by atoms with E-state index in [0.717, 1.165) is 11.1 Å². The summed E-state index contributed by atoms with van der Waals surface area (Å²) >= 11 is 0. The van der Waals surface area contributed by atoms with Crippen molar-refractivity contribution in [2.75, 3.05) is 12.3 Å². The molecule has 3 heteroatoms. The molecule has 0 aliphatic rings. The number of ether oxygens (including phenoxy) is 1. The first-order chi connectivity index (χ1) is 9.54. The van der Waals surface area contributed by atoms with E-state index >= 15 is 0 Å². The number of ketones is 1. The van der Waals surface area contributed by atoms with E-state index in [0.29, 0.717) is 29.2 Å². The number of carbonyl (C=O) groups excluding carboxylic acids is 1. The van der Waals surface area contributed by atoms with Crippen LogP contribution < -0.4 is 10.5 Å². The Morgan fingerprint density at radius 2 is 1.90 bits per heavy atom. The molecular weight excluding hydrogens is 250 g/mol. The molecule has 0 bridgehead atoms. The fourth-order valence-corrected chi connectivity index (χ4v) is 2.15. The summed E-state index contributed by atoms with van der Waals surface area (Å²) < 4.78 is 5.55. The molecule has 0 aliphatic heterocycles. The van der Waals surface area contributed by atoms with Crippen molar-refractivity contribution < 1.29 is 9.53 Å². The van der Waals surface area contributed by atoms with Gasteiger partial charge in [-0.1, -0.05) is 23.8 Å². The lowest BCUT2D eigenvalue weighted by Crippen LogP contribution is -2.08. The van der Waals surface area contributed by atoms with Gasteiger partial charge in [0.1, 0.15) is 5.75 Å².